The fourth-order valence-corrected chi connectivity index (χ4v) is 1.82. The number of hydrogen-bond acceptors (Lipinski definition) is 1. The maximum atomic E-state index is 2.26. The lowest BCUT2D eigenvalue weighted by Gasteiger charge is -2.13. The van der Waals surface area contributed by atoms with Gasteiger partial charge in [-0.2, -0.15) is 0 Å². The van der Waals surface area contributed by atoms with Crippen LogP contribution in [0, 0.1) is 0 Å². The molecular formula is C7H12S. The van der Waals surface area contributed by atoms with Crippen molar-refractivity contribution in [1.82, 2.24) is 0 Å². The summed E-state index contributed by atoms with van der Waals surface area (Å²) in [7, 11) is 0. The second-order valence-electron chi connectivity index (χ2n) is 2.12. The Labute approximate surface area is 55.4 Å². The van der Waals surface area contributed by atoms with Gasteiger partial charge in [0.15, 0.2) is 0 Å². The van der Waals surface area contributed by atoms with E-state index in [1.807, 2.05) is 11.8 Å². The molecule has 0 radical (unpaired) electrons. The molecular weight excluding hydrogens is 116 g/mol. The first-order valence-corrected chi connectivity index (χ1v) is 4.18. The molecule has 0 nitrogen and oxygen atoms in total. The van der Waals surface area contributed by atoms with Gasteiger partial charge in [0.25, 0.3) is 0 Å². The lowest BCUT2D eigenvalue weighted by molar-refractivity contribution is 0.745. The molecule has 1 aliphatic rings. The van der Waals surface area contributed by atoms with Crippen LogP contribution in [0.4, 0.5) is 0 Å². The molecule has 0 amide bonds. The molecule has 1 heterocycles. The monoisotopic (exact) mass is 128 g/mol. The zero-order valence-corrected chi connectivity index (χ0v) is 6.08. The van der Waals surface area contributed by atoms with Gasteiger partial charge < -0.3 is 0 Å². The molecule has 0 fully saturated rings. The minimum absolute atomic E-state index is 0.917. The minimum atomic E-state index is 0.917. The normalized spacial score (nSPS) is 28.4. The van der Waals surface area contributed by atoms with Gasteiger partial charge in [0.05, 0.1) is 0 Å². The van der Waals surface area contributed by atoms with E-state index in [0.717, 1.165) is 5.25 Å². The van der Waals surface area contributed by atoms with Crippen LogP contribution < -0.4 is 0 Å². The highest BCUT2D eigenvalue weighted by Gasteiger charge is 2.05. The Hall–Kier alpha value is 0.0900. The maximum absolute atomic E-state index is 2.26. The molecule has 0 aliphatic carbocycles. The average Bonchev–Trinajstić information content (AvgIpc) is 1.90. The summed E-state index contributed by atoms with van der Waals surface area (Å²) in [6.07, 6.45) is 6.27. The average molecular weight is 128 g/mol. The lowest BCUT2D eigenvalue weighted by atomic mass is 10.2. The zero-order valence-electron chi connectivity index (χ0n) is 5.26. The summed E-state index contributed by atoms with van der Waals surface area (Å²) < 4.78 is 0. The number of hydrogen-bond donors (Lipinski definition) is 0. The van der Waals surface area contributed by atoms with Gasteiger partial charge in [0.2, 0.25) is 0 Å². The van der Waals surface area contributed by atoms with E-state index in [1.165, 1.54) is 19.3 Å². The lowest BCUT2D eigenvalue weighted by Crippen LogP contribution is -2.00. The highest BCUT2D eigenvalue weighted by molar-refractivity contribution is 8.02. The molecule has 1 aliphatic heterocycles. The van der Waals surface area contributed by atoms with Crippen molar-refractivity contribution in [1.29, 1.82) is 0 Å². The molecule has 0 bridgehead atoms. The summed E-state index contributed by atoms with van der Waals surface area (Å²) in [6.45, 7) is 2.26. The molecule has 1 rings (SSSR count). The van der Waals surface area contributed by atoms with Crippen molar-refractivity contribution in [3.05, 3.63) is 11.5 Å². The van der Waals surface area contributed by atoms with Gasteiger partial charge in [-0.25, -0.2) is 0 Å². The van der Waals surface area contributed by atoms with E-state index in [2.05, 4.69) is 18.4 Å². The van der Waals surface area contributed by atoms with Crippen molar-refractivity contribution in [2.24, 2.45) is 0 Å². The third-order valence-corrected chi connectivity index (χ3v) is 2.78. The SMILES string of the molecule is CCC1CCC=CS1. The Morgan fingerprint density at radius 1 is 1.75 bits per heavy atom. The van der Waals surface area contributed by atoms with Crippen molar-refractivity contribution < 1.29 is 0 Å². The highest BCUT2D eigenvalue weighted by atomic mass is 32.2. The van der Waals surface area contributed by atoms with Gasteiger partial charge in [-0.1, -0.05) is 13.0 Å². The van der Waals surface area contributed by atoms with E-state index >= 15 is 0 Å². The molecule has 1 atom stereocenters. The Morgan fingerprint density at radius 3 is 3.00 bits per heavy atom. The molecule has 0 aromatic rings. The third-order valence-electron chi connectivity index (χ3n) is 1.48. The summed E-state index contributed by atoms with van der Waals surface area (Å²) in [5.41, 5.74) is 0. The zero-order chi connectivity index (χ0) is 5.82. The Balaban J connectivity index is 2.27. The van der Waals surface area contributed by atoms with Crippen molar-refractivity contribution >= 4 is 11.8 Å². The largest absolute Gasteiger partial charge is 0.131 e. The van der Waals surface area contributed by atoms with Gasteiger partial charge >= 0.3 is 0 Å². The number of allylic oxidation sites excluding steroid dienone is 1. The van der Waals surface area contributed by atoms with Crippen LogP contribution in [0.5, 0.6) is 0 Å². The summed E-state index contributed by atoms with van der Waals surface area (Å²) in [6, 6.07) is 0. The first-order chi connectivity index (χ1) is 3.93. The van der Waals surface area contributed by atoms with Crippen LogP contribution >= 0.6 is 11.8 Å². The van der Waals surface area contributed by atoms with E-state index in [-0.39, 0.29) is 0 Å². The second-order valence-corrected chi connectivity index (χ2v) is 3.33. The Bertz CT molecular complexity index is 86.4. The summed E-state index contributed by atoms with van der Waals surface area (Å²) in [4.78, 5) is 0. The topological polar surface area (TPSA) is 0 Å². The van der Waals surface area contributed by atoms with Crippen LogP contribution in [0.25, 0.3) is 0 Å². The molecule has 0 saturated carbocycles. The number of thioether (sulfide) groups is 1. The van der Waals surface area contributed by atoms with Gasteiger partial charge in [0.1, 0.15) is 0 Å². The van der Waals surface area contributed by atoms with Crippen molar-refractivity contribution in [2.75, 3.05) is 0 Å². The highest BCUT2D eigenvalue weighted by Crippen LogP contribution is 2.25. The van der Waals surface area contributed by atoms with Gasteiger partial charge in [-0.3, -0.25) is 0 Å². The molecule has 46 valence electrons. The van der Waals surface area contributed by atoms with Crippen LogP contribution in [0.3, 0.4) is 0 Å². The molecule has 0 aromatic heterocycles. The fourth-order valence-electron chi connectivity index (χ4n) is 0.885. The molecule has 0 saturated heterocycles. The fraction of sp³-hybridized carbons (Fsp3) is 0.714. The summed E-state index contributed by atoms with van der Waals surface area (Å²) in [5.74, 6) is 0. The predicted octanol–water partition coefficient (Wildman–Crippen LogP) is 2.81. The standard InChI is InChI=1S/C7H12S/c1-2-7-5-3-4-6-8-7/h4,6-7H,2-3,5H2,1H3. The van der Waals surface area contributed by atoms with Crippen molar-refractivity contribution in [3.63, 3.8) is 0 Å². The first kappa shape index (κ1) is 6.21. The van der Waals surface area contributed by atoms with E-state index in [1.54, 1.807) is 0 Å². The summed E-state index contributed by atoms with van der Waals surface area (Å²) >= 11 is 1.98. The van der Waals surface area contributed by atoms with E-state index in [0.29, 0.717) is 0 Å². The van der Waals surface area contributed by atoms with E-state index in [9.17, 15) is 0 Å². The molecule has 8 heavy (non-hydrogen) atoms. The minimum Gasteiger partial charge on any atom is -0.131 e. The quantitative estimate of drug-likeness (QED) is 0.523. The van der Waals surface area contributed by atoms with Crippen molar-refractivity contribution in [3.8, 4) is 0 Å². The van der Waals surface area contributed by atoms with Crippen LogP contribution in [0.1, 0.15) is 26.2 Å². The van der Waals surface area contributed by atoms with Crippen LogP contribution in [0.15, 0.2) is 11.5 Å². The maximum Gasteiger partial charge on any atom is 0.00886 e. The Kier molecular flexibility index (Phi) is 2.47. The van der Waals surface area contributed by atoms with Crippen molar-refractivity contribution in [2.45, 2.75) is 31.4 Å². The smallest absolute Gasteiger partial charge is 0.00886 e. The third kappa shape index (κ3) is 1.55. The van der Waals surface area contributed by atoms with Gasteiger partial charge in [-0.05, 0) is 24.7 Å². The number of rotatable bonds is 1. The predicted molar refractivity (Wildman–Crippen MR) is 40.0 cm³/mol. The second kappa shape index (κ2) is 3.18. The van der Waals surface area contributed by atoms with Gasteiger partial charge in [0, 0.05) is 5.25 Å². The van der Waals surface area contributed by atoms with Crippen LogP contribution in [-0.4, -0.2) is 5.25 Å². The molecule has 1 heteroatoms. The molecule has 0 N–H and O–H groups in total. The molecule has 0 aromatic carbocycles. The molecule has 0 spiro atoms. The van der Waals surface area contributed by atoms with Crippen LogP contribution in [0.2, 0.25) is 0 Å². The van der Waals surface area contributed by atoms with Crippen LogP contribution in [-0.2, 0) is 0 Å². The Morgan fingerprint density at radius 2 is 2.62 bits per heavy atom. The summed E-state index contributed by atoms with van der Waals surface area (Å²) in [5, 5.41) is 3.15. The van der Waals surface area contributed by atoms with Gasteiger partial charge in [-0.15, -0.1) is 11.8 Å². The molecule has 1 unspecified atom stereocenters. The van der Waals surface area contributed by atoms with E-state index in [4.69, 9.17) is 0 Å². The first-order valence-electron chi connectivity index (χ1n) is 3.24. The van der Waals surface area contributed by atoms with E-state index < -0.39 is 0 Å².